The summed E-state index contributed by atoms with van der Waals surface area (Å²) in [5, 5.41) is 2.78. The molecule has 1 aliphatic carbocycles. The minimum atomic E-state index is -2.71. The Kier molecular flexibility index (Phi) is 3.43. The molecule has 0 aromatic heterocycles. The number of hydrogen-bond acceptors (Lipinski definition) is 3. The number of nitrogens with zero attached hydrogens (tertiary/aromatic N) is 1. The van der Waals surface area contributed by atoms with Crippen molar-refractivity contribution in [3.63, 3.8) is 0 Å². The van der Waals surface area contributed by atoms with Crippen LogP contribution < -0.4 is 5.32 Å². The van der Waals surface area contributed by atoms with Crippen LogP contribution in [-0.4, -0.2) is 41.8 Å². The largest absolute Gasteiger partial charge is 0.306 e. The maximum atomic E-state index is 13.3. The molecule has 3 atom stereocenters. The predicted octanol–water partition coefficient (Wildman–Crippen LogP) is 1.49. The van der Waals surface area contributed by atoms with Crippen molar-refractivity contribution in [2.75, 3.05) is 13.1 Å². The van der Waals surface area contributed by atoms with Crippen molar-refractivity contribution in [3.05, 3.63) is 23.8 Å². The van der Waals surface area contributed by atoms with Crippen LogP contribution in [0.4, 0.5) is 8.78 Å². The Morgan fingerprint density at radius 2 is 2.19 bits per heavy atom. The van der Waals surface area contributed by atoms with E-state index in [0.29, 0.717) is 12.0 Å². The first-order chi connectivity index (χ1) is 9.89. The molecule has 0 saturated carbocycles. The molecule has 0 bridgehead atoms. The number of carbonyl (C=O) groups is 2. The van der Waals surface area contributed by atoms with Crippen molar-refractivity contribution in [2.24, 2.45) is 11.8 Å². The molecule has 0 aromatic rings. The van der Waals surface area contributed by atoms with Crippen LogP contribution in [0.2, 0.25) is 0 Å². The lowest BCUT2D eigenvalue weighted by Gasteiger charge is -2.36. The van der Waals surface area contributed by atoms with E-state index in [1.807, 2.05) is 6.08 Å². The second kappa shape index (κ2) is 5.02. The summed E-state index contributed by atoms with van der Waals surface area (Å²) >= 11 is 0. The fourth-order valence-corrected chi connectivity index (χ4v) is 3.31. The van der Waals surface area contributed by atoms with Crippen LogP contribution in [0.3, 0.4) is 0 Å². The molecule has 2 amide bonds. The Bertz CT molecular complexity index is 542. The average Bonchev–Trinajstić information content (AvgIpc) is 2.67. The number of rotatable bonds is 2. The summed E-state index contributed by atoms with van der Waals surface area (Å²) in [6.07, 6.45) is 5.65. The fourth-order valence-electron chi connectivity index (χ4n) is 3.31. The van der Waals surface area contributed by atoms with E-state index in [4.69, 9.17) is 0 Å². The van der Waals surface area contributed by atoms with E-state index in [0.717, 1.165) is 0 Å². The summed E-state index contributed by atoms with van der Waals surface area (Å²) in [6, 6.07) is -0.272. The minimum Gasteiger partial charge on any atom is -0.306 e. The summed E-state index contributed by atoms with van der Waals surface area (Å²) in [7, 11) is 0. The Hall–Kier alpha value is -1.56. The number of fused-ring (bicyclic) bond motifs is 1. The summed E-state index contributed by atoms with van der Waals surface area (Å²) in [5.41, 5.74) is 0.524. The van der Waals surface area contributed by atoms with E-state index in [9.17, 15) is 18.4 Å². The number of amides is 2. The quantitative estimate of drug-likeness (QED) is 0.786. The van der Waals surface area contributed by atoms with Crippen LogP contribution in [0.1, 0.15) is 19.8 Å². The summed E-state index contributed by atoms with van der Waals surface area (Å²) in [4.78, 5) is 25.8. The van der Waals surface area contributed by atoms with Gasteiger partial charge in [0.2, 0.25) is 5.91 Å². The van der Waals surface area contributed by atoms with Gasteiger partial charge in [0.15, 0.2) is 0 Å². The van der Waals surface area contributed by atoms with Crippen LogP contribution >= 0.6 is 0 Å². The van der Waals surface area contributed by atoms with Crippen molar-refractivity contribution in [2.45, 2.75) is 31.7 Å². The van der Waals surface area contributed by atoms with Crippen LogP contribution in [0.25, 0.3) is 0 Å². The zero-order valence-corrected chi connectivity index (χ0v) is 11.8. The first-order valence-electron chi connectivity index (χ1n) is 7.23. The van der Waals surface area contributed by atoms with Gasteiger partial charge < -0.3 is 5.32 Å². The maximum Gasteiger partial charge on any atom is 0.260 e. The van der Waals surface area contributed by atoms with Crippen LogP contribution in [0.15, 0.2) is 23.8 Å². The molecule has 3 aliphatic rings. The Balaban J connectivity index is 1.71. The van der Waals surface area contributed by atoms with Crippen LogP contribution in [0, 0.1) is 11.8 Å². The van der Waals surface area contributed by atoms with Crippen LogP contribution in [0.5, 0.6) is 0 Å². The molecule has 4 nitrogen and oxygen atoms in total. The number of likely N-dealkylation sites (tertiary alicyclic amines) is 1. The third kappa shape index (κ3) is 2.52. The van der Waals surface area contributed by atoms with Gasteiger partial charge in [-0.2, -0.15) is 0 Å². The monoisotopic (exact) mass is 296 g/mol. The van der Waals surface area contributed by atoms with Gasteiger partial charge in [-0.15, -0.1) is 0 Å². The summed E-state index contributed by atoms with van der Waals surface area (Å²) < 4.78 is 26.6. The lowest BCUT2D eigenvalue weighted by atomic mass is 9.90. The lowest BCUT2D eigenvalue weighted by molar-refractivity contribution is -0.140. The molecule has 2 saturated heterocycles. The number of allylic oxidation sites excluding steroid dienone is 3. The topological polar surface area (TPSA) is 49.4 Å². The van der Waals surface area contributed by atoms with Crippen LogP contribution in [-0.2, 0) is 9.59 Å². The summed E-state index contributed by atoms with van der Waals surface area (Å²) in [5.74, 6) is -3.87. The van der Waals surface area contributed by atoms with Gasteiger partial charge in [0.25, 0.3) is 11.8 Å². The second-order valence-corrected chi connectivity index (χ2v) is 6.12. The number of alkyl halides is 2. The fraction of sp³-hybridized carbons (Fsp3) is 0.600. The van der Waals surface area contributed by atoms with E-state index in [1.54, 1.807) is 19.1 Å². The SMILES string of the molecule is C[C@@H]1CC(F)(F)CN[C@@H]1CN1C(=O)C2=CC=CCC2C1=O. The van der Waals surface area contributed by atoms with Gasteiger partial charge in [-0.25, -0.2) is 8.78 Å². The molecule has 0 radical (unpaired) electrons. The smallest absolute Gasteiger partial charge is 0.260 e. The molecule has 114 valence electrons. The van der Waals surface area contributed by atoms with Crippen molar-refractivity contribution >= 4 is 11.8 Å². The highest BCUT2D eigenvalue weighted by molar-refractivity contribution is 6.15. The van der Waals surface area contributed by atoms with Crippen molar-refractivity contribution < 1.29 is 18.4 Å². The number of nitrogens with one attached hydrogen (secondary N) is 1. The lowest BCUT2D eigenvalue weighted by Crippen LogP contribution is -2.55. The molecular formula is C15H18F2N2O2. The highest BCUT2D eigenvalue weighted by Crippen LogP contribution is 2.34. The molecule has 0 aromatic carbocycles. The van der Waals surface area contributed by atoms with E-state index in [1.165, 1.54) is 4.90 Å². The average molecular weight is 296 g/mol. The molecule has 3 rings (SSSR count). The highest BCUT2D eigenvalue weighted by atomic mass is 19.3. The van der Waals surface area contributed by atoms with Gasteiger partial charge in [0, 0.05) is 24.6 Å². The zero-order chi connectivity index (χ0) is 15.2. The van der Waals surface area contributed by atoms with E-state index in [2.05, 4.69) is 5.32 Å². The van der Waals surface area contributed by atoms with Gasteiger partial charge in [-0.1, -0.05) is 25.2 Å². The minimum absolute atomic E-state index is 0.169. The molecule has 2 heterocycles. The van der Waals surface area contributed by atoms with E-state index in [-0.39, 0.29) is 42.7 Å². The number of carbonyl (C=O) groups excluding carboxylic acids is 2. The van der Waals surface area contributed by atoms with Crippen molar-refractivity contribution in [3.8, 4) is 0 Å². The standard InChI is InChI=1S/C15H18F2N2O2/c1-9-6-15(16,17)8-18-12(9)7-19-13(20)10-4-2-3-5-11(10)14(19)21/h2-4,9,11-12,18H,5-8H2,1H3/t9-,11?,12-/m1/s1. The molecular weight excluding hydrogens is 278 g/mol. The van der Waals surface area contributed by atoms with Gasteiger partial charge >= 0.3 is 0 Å². The molecule has 1 N–H and O–H groups in total. The number of imide groups is 1. The van der Waals surface area contributed by atoms with E-state index >= 15 is 0 Å². The Morgan fingerprint density at radius 1 is 1.43 bits per heavy atom. The van der Waals surface area contributed by atoms with Gasteiger partial charge in [0.05, 0.1) is 12.5 Å². The van der Waals surface area contributed by atoms with E-state index < -0.39 is 12.5 Å². The molecule has 1 unspecified atom stereocenters. The Labute approximate surface area is 121 Å². The number of halogens is 2. The maximum absolute atomic E-state index is 13.3. The van der Waals surface area contributed by atoms with Crippen molar-refractivity contribution in [1.82, 2.24) is 10.2 Å². The van der Waals surface area contributed by atoms with Gasteiger partial charge in [-0.05, 0) is 12.3 Å². The molecule has 2 fully saturated rings. The van der Waals surface area contributed by atoms with Gasteiger partial charge in [0.1, 0.15) is 0 Å². The highest BCUT2D eigenvalue weighted by Gasteiger charge is 2.46. The molecule has 2 aliphatic heterocycles. The Morgan fingerprint density at radius 3 is 2.86 bits per heavy atom. The zero-order valence-electron chi connectivity index (χ0n) is 11.8. The predicted molar refractivity (Wildman–Crippen MR) is 72.6 cm³/mol. The van der Waals surface area contributed by atoms with Gasteiger partial charge in [-0.3, -0.25) is 14.5 Å². The number of piperidine rings is 1. The second-order valence-electron chi connectivity index (χ2n) is 6.12. The molecule has 21 heavy (non-hydrogen) atoms. The third-order valence-corrected chi connectivity index (χ3v) is 4.52. The summed E-state index contributed by atoms with van der Waals surface area (Å²) in [6.45, 7) is 1.50. The molecule has 0 spiro atoms. The first-order valence-corrected chi connectivity index (χ1v) is 7.23. The first kappa shape index (κ1) is 14.4. The normalized spacial score (nSPS) is 34.9. The number of hydrogen-bond donors (Lipinski definition) is 1. The molecule has 6 heteroatoms. The van der Waals surface area contributed by atoms with Crippen molar-refractivity contribution in [1.29, 1.82) is 0 Å². The third-order valence-electron chi connectivity index (χ3n) is 4.52.